The van der Waals surface area contributed by atoms with Crippen molar-refractivity contribution in [1.82, 2.24) is 5.32 Å². The number of rotatable bonds is 9. The first kappa shape index (κ1) is 12.9. The Morgan fingerprint density at radius 3 is 2.46 bits per heavy atom. The molecule has 1 unspecified atom stereocenters. The van der Waals surface area contributed by atoms with Crippen molar-refractivity contribution in [3.63, 3.8) is 0 Å². The van der Waals surface area contributed by atoms with Crippen molar-refractivity contribution < 1.29 is 9.47 Å². The Balaban J connectivity index is 2.97. The highest BCUT2D eigenvalue weighted by Gasteiger charge is 1.99. The summed E-state index contributed by atoms with van der Waals surface area (Å²) in [6, 6.07) is 0. The molecule has 3 nitrogen and oxygen atoms in total. The molecule has 0 saturated heterocycles. The fourth-order valence-corrected chi connectivity index (χ4v) is 1.06. The second kappa shape index (κ2) is 9.96. The van der Waals surface area contributed by atoms with Gasteiger partial charge in [0.05, 0.1) is 19.8 Å². The van der Waals surface area contributed by atoms with Crippen molar-refractivity contribution in [2.24, 2.45) is 5.92 Å². The molecule has 1 atom stereocenters. The standard InChI is InChI=1S/C10H23NO2/c1-4-5-12-6-7-13-9-10(2)8-11-3/h10-11H,4-9H2,1-3H3. The van der Waals surface area contributed by atoms with E-state index in [-0.39, 0.29) is 0 Å². The molecule has 13 heavy (non-hydrogen) atoms. The molecule has 0 saturated carbocycles. The molecule has 1 N–H and O–H groups in total. The Morgan fingerprint density at radius 2 is 1.85 bits per heavy atom. The molecule has 0 heterocycles. The first-order valence-electron chi connectivity index (χ1n) is 5.11. The lowest BCUT2D eigenvalue weighted by atomic mass is 10.2. The van der Waals surface area contributed by atoms with Crippen LogP contribution >= 0.6 is 0 Å². The summed E-state index contributed by atoms with van der Waals surface area (Å²) >= 11 is 0. The molecule has 0 bridgehead atoms. The van der Waals surface area contributed by atoms with Gasteiger partial charge in [-0.2, -0.15) is 0 Å². The molecular weight excluding hydrogens is 166 g/mol. The van der Waals surface area contributed by atoms with Crippen LogP contribution < -0.4 is 5.32 Å². The van der Waals surface area contributed by atoms with Crippen molar-refractivity contribution in [2.75, 3.05) is 40.0 Å². The predicted octanol–water partition coefficient (Wildman–Crippen LogP) is 1.29. The number of hydrogen-bond donors (Lipinski definition) is 1. The third kappa shape index (κ3) is 9.80. The smallest absolute Gasteiger partial charge is 0.0700 e. The van der Waals surface area contributed by atoms with E-state index in [0.29, 0.717) is 12.5 Å². The summed E-state index contributed by atoms with van der Waals surface area (Å²) < 4.78 is 10.7. The molecule has 0 aliphatic rings. The highest BCUT2D eigenvalue weighted by Crippen LogP contribution is 1.93. The van der Waals surface area contributed by atoms with Crippen molar-refractivity contribution in [3.05, 3.63) is 0 Å². The highest BCUT2D eigenvalue weighted by molar-refractivity contribution is 4.52. The van der Waals surface area contributed by atoms with E-state index in [1.807, 2.05) is 7.05 Å². The van der Waals surface area contributed by atoms with Crippen molar-refractivity contribution in [2.45, 2.75) is 20.3 Å². The van der Waals surface area contributed by atoms with Crippen LogP contribution in [0.25, 0.3) is 0 Å². The van der Waals surface area contributed by atoms with Crippen molar-refractivity contribution in [1.29, 1.82) is 0 Å². The van der Waals surface area contributed by atoms with Gasteiger partial charge in [-0.25, -0.2) is 0 Å². The molecule has 3 heteroatoms. The molecule has 0 fully saturated rings. The predicted molar refractivity (Wildman–Crippen MR) is 55.0 cm³/mol. The maximum Gasteiger partial charge on any atom is 0.0700 e. The Kier molecular flexibility index (Phi) is 9.87. The van der Waals surface area contributed by atoms with Crippen LogP contribution in [0.4, 0.5) is 0 Å². The maximum atomic E-state index is 5.43. The normalized spacial score (nSPS) is 13.2. The van der Waals surface area contributed by atoms with Gasteiger partial charge in [-0.15, -0.1) is 0 Å². The van der Waals surface area contributed by atoms with Gasteiger partial charge in [0.25, 0.3) is 0 Å². The zero-order valence-electron chi connectivity index (χ0n) is 9.14. The van der Waals surface area contributed by atoms with Crippen LogP contribution in [0.15, 0.2) is 0 Å². The second-order valence-electron chi connectivity index (χ2n) is 3.35. The monoisotopic (exact) mass is 189 g/mol. The van der Waals surface area contributed by atoms with E-state index in [1.165, 1.54) is 0 Å². The average Bonchev–Trinajstić information content (AvgIpc) is 2.11. The van der Waals surface area contributed by atoms with E-state index >= 15 is 0 Å². The summed E-state index contributed by atoms with van der Waals surface area (Å²) in [6.07, 6.45) is 1.08. The van der Waals surface area contributed by atoms with Gasteiger partial charge in [-0.3, -0.25) is 0 Å². The number of nitrogens with one attached hydrogen (secondary N) is 1. The van der Waals surface area contributed by atoms with E-state index in [2.05, 4.69) is 19.2 Å². The first-order chi connectivity index (χ1) is 6.31. The molecule has 0 spiro atoms. The minimum Gasteiger partial charge on any atom is -0.379 e. The molecule has 0 amide bonds. The number of hydrogen-bond acceptors (Lipinski definition) is 3. The Bertz CT molecular complexity index is 98.9. The summed E-state index contributed by atoms with van der Waals surface area (Å²) in [5.74, 6) is 0.580. The van der Waals surface area contributed by atoms with Crippen LogP contribution in [0.1, 0.15) is 20.3 Å². The Labute approximate surface area is 81.8 Å². The van der Waals surface area contributed by atoms with Crippen LogP contribution in [-0.4, -0.2) is 40.0 Å². The van der Waals surface area contributed by atoms with Gasteiger partial charge in [0.15, 0.2) is 0 Å². The van der Waals surface area contributed by atoms with Crippen LogP contribution in [-0.2, 0) is 9.47 Å². The summed E-state index contributed by atoms with van der Waals surface area (Å²) in [5.41, 5.74) is 0. The maximum absolute atomic E-state index is 5.43. The van der Waals surface area contributed by atoms with Gasteiger partial charge >= 0.3 is 0 Å². The summed E-state index contributed by atoms with van der Waals surface area (Å²) in [7, 11) is 1.96. The Hall–Kier alpha value is -0.120. The Morgan fingerprint density at radius 1 is 1.15 bits per heavy atom. The van der Waals surface area contributed by atoms with Gasteiger partial charge in [-0.05, 0) is 25.9 Å². The number of ether oxygens (including phenoxy) is 2. The van der Waals surface area contributed by atoms with E-state index in [1.54, 1.807) is 0 Å². The SMILES string of the molecule is CCCOCCOCC(C)CNC. The molecule has 80 valence electrons. The molecular formula is C10H23NO2. The minimum atomic E-state index is 0.580. The fourth-order valence-electron chi connectivity index (χ4n) is 1.06. The van der Waals surface area contributed by atoms with Crippen LogP contribution in [0.2, 0.25) is 0 Å². The molecule has 0 aromatic heterocycles. The third-order valence-electron chi connectivity index (χ3n) is 1.68. The van der Waals surface area contributed by atoms with E-state index in [4.69, 9.17) is 9.47 Å². The van der Waals surface area contributed by atoms with E-state index in [9.17, 15) is 0 Å². The van der Waals surface area contributed by atoms with Crippen molar-refractivity contribution >= 4 is 0 Å². The lowest BCUT2D eigenvalue weighted by Crippen LogP contribution is -2.21. The molecule has 0 radical (unpaired) electrons. The highest BCUT2D eigenvalue weighted by atomic mass is 16.5. The van der Waals surface area contributed by atoms with Gasteiger partial charge in [0.1, 0.15) is 0 Å². The minimum absolute atomic E-state index is 0.580. The van der Waals surface area contributed by atoms with Crippen LogP contribution in [0.3, 0.4) is 0 Å². The van der Waals surface area contributed by atoms with E-state index in [0.717, 1.165) is 32.8 Å². The van der Waals surface area contributed by atoms with Crippen molar-refractivity contribution in [3.8, 4) is 0 Å². The second-order valence-corrected chi connectivity index (χ2v) is 3.35. The van der Waals surface area contributed by atoms with Gasteiger partial charge < -0.3 is 14.8 Å². The summed E-state index contributed by atoms with van der Waals surface area (Å²) in [4.78, 5) is 0. The molecule has 0 aromatic rings. The fraction of sp³-hybridized carbons (Fsp3) is 1.00. The van der Waals surface area contributed by atoms with Gasteiger partial charge in [-0.1, -0.05) is 13.8 Å². The topological polar surface area (TPSA) is 30.5 Å². The molecule has 0 aliphatic heterocycles. The summed E-state index contributed by atoms with van der Waals surface area (Å²) in [5, 5.41) is 3.12. The lowest BCUT2D eigenvalue weighted by Gasteiger charge is -2.11. The molecule has 0 rings (SSSR count). The average molecular weight is 189 g/mol. The molecule has 0 aliphatic carbocycles. The first-order valence-corrected chi connectivity index (χ1v) is 5.11. The van der Waals surface area contributed by atoms with Gasteiger partial charge in [0, 0.05) is 6.61 Å². The van der Waals surface area contributed by atoms with Gasteiger partial charge in [0.2, 0.25) is 0 Å². The largest absolute Gasteiger partial charge is 0.379 e. The zero-order chi connectivity index (χ0) is 9.94. The van der Waals surface area contributed by atoms with Crippen LogP contribution in [0, 0.1) is 5.92 Å². The van der Waals surface area contributed by atoms with E-state index < -0.39 is 0 Å². The quantitative estimate of drug-likeness (QED) is 0.554. The summed E-state index contributed by atoms with van der Waals surface area (Å²) in [6.45, 7) is 8.38. The molecule has 0 aromatic carbocycles. The third-order valence-corrected chi connectivity index (χ3v) is 1.68. The lowest BCUT2D eigenvalue weighted by molar-refractivity contribution is 0.0361. The van der Waals surface area contributed by atoms with Crippen LogP contribution in [0.5, 0.6) is 0 Å². The zero-order valence-corrected chi connectivity index (χ0v) is 9.14.